The molecule has 100 valence electrons. The van der Waals surface area contributed by atoms with Crippen molar-refractivity contribution in [2.24, 2.45) is 0 Å². The lowest BCUT2D eigenvalue weighted by Gasteiger charge is -2.33. The summed E-state index contributed by atoms with van der Waals surface area (Å²) in [7, 11) is 0. The lowest BCUT2D eigenvalue weighted by atomic mass is 9.75. The smallest absolute Gasteiger partial charge is 0.170 e. The molecule has 0 amide bonds. The highest BCUT2D eigenvalue weighted by Gasteiger charge is 2.53. The second-order valence-corrected chi connectivity index (χ2v) is 5.41. The number of benzene rings is 2. The summed E-state index contributed by atoms with van der Waals surface area (Å²) in [5.41, 5.74) is -1.53. The molecular formula is C15H12BrF3. The molecule has 0 saturated heterocycles. The van der Waals surface area contributed by atoms with Gasteiger partial charge in [-0.15, -0.1) is 0 Å². The first-order valence-electron chi connectivity index (χ1n) is 5.74. The van der Waals surface area contributed by atoms with Gasteiger partial charge in [0.1, 0.15) is 5.41 Å². The molecule has 0 fully saturated rings. The zero-order valence-electron chi connectivity index (χ0n) is 10.2. The summed E-state index contributed by atoms with van der Waals surface area (Å²) in [5, 5.41) is 0. The average molecular weight is 329 g/mol. The Bertz CT molecular complexity index is 546. The summed E-state index contributed by atoms with van der Waals surface area (Å²) < 4.78 is 41.5. The van der Waals surface area contributed by atoms with Gasteiger partial charge < -0.3 is 0 Å². The molecular weight excluding hydrogens is 317 g/mol. The maximum absolute atomic E-state index is 13.6. The fourth-order valence-electron chi connectivity index (χ4n) is 2.05. The SMILES string of the molecule is CC(c1ccccc1)(c1ccc(Br)cc1)C(F)(F)F. The summed E-state index contributed by atoms with van der Waals surface area (Å²) in [4.78, 5) is 0. The highest BCUT2D eigenvalue weighted by Crippen LogP contribution is 2.46. The minimum atomic E-state index is -4.36. The van der Waals surface area contributed by atoms with Gasteiger partial charge in [0.25, 0.3) is 0 Å². The third-order valence-electron chi connectivity index (χ3n) is 3.34. The average Bonchev–Trinajstić information content (AvgIpc) is 2.38. The van der Waals surface area contributed by atoms with Gasteiger partial charge in [-0.3, -0.25) is 0 Å². The van der Waals surface area contributed by atoms with E-state index in [9.17, 15) is 13.2 Å². The van der Waals surface area contributed by atoms with Gasteiger partial charge in [0.2, 0.25) is 0 Å². The van der Waals surface area contributed by atoms with E-state index in [0.717, 1.165) is 4.47 Å². The molecule has 0 aliphatic carbocycles. The fraction of sp³-hybridized carbons (Fsp3) is 0.200. The molecule has 0 bridgehead atoms. The first kappa shape index (κ1) is 14.1. The van der Waals surface area contributed by atoms with Crippen molar-refractivity contribution < 1.29 is 13.2 Å². The summed E-state index contributed by atoms with van der Waals surface area (Å²) in [6.45, 7) is 1.21. The Kier molecular flexibility index (Phi) is 3.72. The highest BCUT2D eigenvalue weighted by molar-refractivity contribution is 9.10. The number of hydrogen-bond donors (Lipinski definition) is 0. The molecule has 19 heavy (non-hydrogen) atoms. The van der Waals surface area contributed by atoms with Crippen LogP contribution in [0.5, 0.6) is 0 Å². The topological polar surface area (TPSA) is 0 Å². The van der Waals surface area contributed by atoms with E-state index in [4.69, 9.17) is 0 Å². The first-order valence-corrected chi connectivity index (χ1v) is 6.53. The first-order chi connectivity index (χ1) is 8.85. The summed E-state index contributed by atoms with van der Waals surface area (Å²) in [6, 6.07) is 14.2. The third kappa shape index (κ3) is 2.54. The predicted octanol–water partition coefficient (Wildman–Crippen LogP) is 5.32. The second-order valence-electron chi connectivity index (χ2n) is 4.50. The van der Waals surface area contributed by atoms with E-state index < -0.39 is 11.6 Å². The number of rotatable bonds is 2. The monoisotopic (exact) mass is 328 g/mol. The van der Waals surface area contributed by atoms with Crippen LogP contribution >= 0.6 is 15.9 Å². The number of alkyl halides is 3. The van der Waals surface area contributed by atoms with Gasteiger partial charge in [0.15, 0.2) is 0 Å². The molecule has 2 aromatic rings. The van der Waals surface area contributed by atoms with Crippen LogP contribution in [0.15, 0.2) is 59.1 Å². The largest absolute Gasteiger partial charge is 0.402 e. The molecule has 0 heterocycles. The summed E-state index contributed by atoms with van der Waals surface area (Å²) in [5.74, 6) is 0. The normalized spacial score (nSPS) is 15.0. The molecule has 2 aromatic carbocycles. The van der Waals surface area contributed by atoms with Crippen molar-refractivity contribution in [2.75, 3.05) is 0 Å². The zero-order valence-corrected chi connectivity index (χ0v) is 11.8. The van der Waals surface area contributed by atoms with Crippen LogP contribution in [0.4, 0.5) is 13.2 Å². The standard InChI is InChI=1S/C15H12BrF3/c1-14(15(17,18)19,11-5-3-2-4-6-11)12-7-9-13(16)10-8-12/h2-10H,1H3. The highest BCUT2D eigenvalue weighted by atomic mass is 79.9. The van der Waals surface area contributed by atoms with Crippen LogP contribution in [0.25, 0.3) is 0 Å². The van der Waals surface area contributed by atoms with E-state index in [2.05, 4.69) is 15.9 Å². The van der Waals surface area contributed by atoms with E-state index in [1.54, 1.807) is 30.3 Å². The van der Waals surface area contributed by atoms with Crippen LogP contribution in [-0.2, 0) is 5.41 Å². The van der Waals surface area contributed by atoms with Crippen LogP contribution in [-0.4, -0.2) is 6.18 Å². The third-order valence-corrected chi connectivity index (χ3v) is 3.87. The van der Waals surface area contributed by atoms with Gasteiger partial charge in [-0.05, 0) is 30.2 Å². The van der Waals surface area contributed by atoms with Gasteiger partial charge >= 0.3 is 6.18 Å². The molecule has 0 spiro atoms. The van der Waals surface area contributed by atoms with Crippen molar-refractivity contribution in [3.8, 4) is 0 Å². The van der Waals surface area contributed by atoms with E-state index >= 15 is 0 Å². The van der Waals surface area contributed by atoms with Crippen LogP contribution in [0.2, 0.25) is 0 Å². The molecule has 1 atom stereocenters. The maximum Gasteiger partial charge on any atom is 0.402 e. The molecule has 0 N–H and O–H groups in total. The Morgan fingerprint density at radius 3 is 1.74 bits per heavy atom. The van der Waals surface area contributed by atoms with E-state index in [0.29, 0.717) is 0 Å². The van der Waals surface area contributed by atoms with Crippen LogP contribution in [0, 0.1) is 0 Å². The van der Waals surface area contributed by atoms with Gasteiger partial charge in [-0.2, -0.15) is 13.2 Å². The lowest BCUT2D eigenvalue weighted by Crippen LogP contribution is -2.40. The second kappa shape index (κ2) is 5.00. The summed E-state index contributed by atoms with van der Waals surface area (Å²) in [6.07, 6.45) is -4.36. The van der Waals surface area contributed by atoms with Gasteiger partial charge in [0, 0.05) is 4.47 Å². The van der Waals surface area contributed by atoms with Gasteiger partial charge in [0.05, 0.1) is 0 Å². The Hall–Kier alpha value is -1.29. The van der Waals surface area contributed by atoms with Crippen molar-refractivity contribution in [3.05, 3.63) is 70.2 Å². The molecule has 4 heteroatoms. The zero-order chi connectivity index (χ0) is 14.1. The minimum Gasteiger partial charge on any atom is -0.170 e. The lowest BCUT2D eigenvalue weighted by molar-refractivity contribution is -0.173. The van der Waals surface area contributed by atoms with Crippen molar-refractivity contribution in [2.45, 2.75) is 18.5 Å². The molecule has 0 aromatic heterocycles. The van der Waals surface area contributed by atoms with E-state index in [1.807, 2.05) is 0 Å². The van der Waals surface area contributed by atoms with Gasteiger partial charge in [-0.25, -0.2) is 0 Å². The Labute approximate surface area is 118 Å². The molecule has 0 radical (unpaired) electrons. The van der Waals surface area contributed by atoms with Crippen LogP contribution in [0.1, 0.15) is 18.1 Å². The van der Waals surface area contributed by atoms with Crippen LogP contribution in [0.3, 0.4) is 0 Å². The number of hydrogen-bond acceptors (Lipinski definition) is 0. The Morgan fingerprint density at radius 2 is 1.26 bits per heavy atom. The number of halogens is 4. The molecule has 0 nitrogen and oxygen atoms in total. The molecule has 0 saturated carbocycles. The van der Waals surface area contributed by atoms with Gasteiger partial charge in [-0.1, -0.05) is 58.4 Å². The quantitative estimate of drug-likeness (QED) is 0.700. The van der Waals surface area contributed by atoms with Crippen molar-refractivity contribution >= 4 is 15.9 Å². The molecule has 0 aliphatic rings. The molecule has 0 aliphatic heterocycles. The molecule has 2 rings (SSSR count). The van der Waals surface area contributed by atoms with Crippen molar-refractivity contribution in [3.63, 3.8) is 0 Å². The Balaban J connectivity index is 2.63. The van der Waals surface area contributed by atoms with Crippen molar-refractivity contribution in [1.29, 1.82) is 0 Å². The van der Waals surface area contributed by atoms with Crippen molar-refractivity contribution in [1.82, 2.24) is 0 Å². The summed E-state index contributed by atoms with van der Waals surface area (Å²) >= 11 is 3.24. The fourth-order valence-corrected chi connectivity index (χ4v) is 2.31. The van der Waals surface area contributed by atoms with E-state index in [-0.39, 0.29) is 11.1 Å². The van der Waals surface area contributed by atoms with Crippen LogP contribution < -0.4 is 0 Å². The predicted molar refractivity (Wildman–Crippen MR) is 73.1 cm³/mol. The minimum absolute atomic E-state index is 0.231. The Morgan fingerprint density at radius 1 is 0.789 bits per heavy atom. The molecule has 1 unspecified atom stereocenters. The van der Waals surface area contributed by atoms with E-state index in [1.165, 1.54) is 31.2 Å². The maximum atomic E-state index is 13.6.